The summed E-state index contributed by atoms with van der Waals surface area (Å²) >= 11 is 0. The highest BCUT2D eigenvalue weighted by Gasteiger charge is 2.18. The van der Waals surface area contributed by atoms with Gasteiger partial charge in [-0.3, -0.25) is 0 Å². The number of hydrogen-bond acceptors (Lipinski definition) is 4. The summed E-state index contributed by atoms with van der Waals surface area (Å²) in [5, 5.41) is 21.3. The van der Waals surface area contributed by atoms with Crippen LogP contribution in [0.15, 0.2) is 0 Å². The molecule has 1 heterocycles. The van der Waals surface area contributed by atoms with Crippen molar-refractivity contribution < 1.29 is 10.2 Å². The number of nitrogens with zero attached hydrogens (tertiary/aromatic N) is 1. The fraction of sp³-hybridized carbons (Fsp3) is 1.00. The van der Waals surface area contributed by atoms with Gasteiger partial charge in [0.1, 0.15) is 0 Å². The maximum absolute atomic E-state index is 8.99. The Hall–Kier alpha value is -0.160. The summed E-state index contributed by atoms with van der Waals surface area (Å²) in [4.78, 5) is 2.45. The first-order valence-electron chi connectivity index (χ1n) is 6.00. The second-order valence-electron chi connectivity index (χ2n) is 4.29. The van der Waals surface area contributed by atoms with Gasteiger partial charge < -0.3 is 20.4 Å². The molecule has 90 valence electrons. The SMILES string of the molecule is CCN1CCCC(NC(CO)CO)CC1. The lowest BCUT2D eigenvalue weighted by molar-refractivity contribution is 0.159. The van der Waals surface area contributed by atoms with Crippen LogP contribution in [0.2, 0.25) is 0 Å². The molecule has 3 N–H and O–H groups in total. The first-order chi connectivity index (χ1) is 7.30. The molecule has 0 saturated carbocycles. The fourth-order valence-electron chi connectivity index (χ4n) is 2.14. The molecule has 0 spiro atoms. The van der Waals surface area contributed by atoms with Crippen molar-refractivity contribution >= 4 is 0 Å². The van der Waals surface area contributed by atoms with Gasteiger partial charge in [0.05, 0.1) is 19.3 Å². The van der Waals surface area contributed by atoms with E-state index >= 15 is 0 Å². The number of likely N-dealkylation sites (tertiary alicyclic amines) is 1. The number of rotatable bonds is 5. The second-order valence-corrected chi connectivity index (χ2v) is 4.29. The van der Waals surface area contributed by atoms with Crippen molar-refractivity contribution in [3.05, 3.63) is 0 Å². The minimum Gasteiger partial charge on any atom is -0.395 e. The Balaban J connectivity index is 2.30. The van der Waals surface area contributed by atoms with Crippen molar-refractivity contribution in [2.45, 2.75) is 38.3 Å². The molecule has 1 saturated heterocycles. The third kappa shape index (κ3) is 4.47. The van der Waals surface area contributed by atoms with Crippen molar-refractivity contribution in [1.29, 1.82) is 0 Å². The van der Waals surface area contributed by atoms with E-state index in [-0.39, 0.29) is 19.3 Å². The monoisotopic (exact) mass is 216 g/mol. The fourth-order valence-corrected chi connectivity index (χ4v) is 2.14. The van der Waals surface area contributed by atoms with E-state index in [0.717, 1.165) is 25.9 Å². The average Bonchev–Trinajstić information content (AvgIpc) is 2.50. The molecule has 1 unspecified atom stereocenters. The van der Waals surface area contributed by atoms with Crippen LogP contribution >= 0.6 is 0 Å². The van der Waals surface area contributed by atoms with Crippen LogP contribution in [0.4, 0.5) is 0 Å². The van der Waals surface area contributed by atoms with E-state index in [1.54, 1.807) is 0 Å². The molecule has 4 heteroatoms. The summed E-state index contributed by atoms with van der Waals surface area (Å²) in [6.45, 7) is 5.65. The topological polar surface area (TPSA) is 55.7 Å². The second kappa shape index (κ2) is 7.17. The Bertz CT molecular complexity index is 163. The van der Waals surface area contributed by atoms with Gasteiger partial charge in [0.25, 0.3) is 0 Å². The number of nitrogens with one attached hydrogen (secondary N) is 1. The van der Waals surface area contributed by atoms with Crippen molar-refractivity contribution in [2.75, 3.05) is 32.8 Å². The average molecular weight is 216 g/mol. The summed E-state index contributed by atoms with van der Waals surface area (Å²) in [5.41, 5.74) is 0. The Morgan fingerprint density at radius 1 is 1.27 bits per heavy atom. The summed E-state index contributed by atoms with van der Waals surface area (Å²) in [7, 11) is 0. The quantitative estimate of drug-likeness (QED) is 0.596. The van der Waals surface area contributed by atoms with Crippen LogP contribution in [-0.2, 0) is 0 Å². The minimum absolute atomic E-state index is 0.0183. The van der Waals surface area contributed by atoms with E-state index in [4.69, 9.17) is 10.2 Å². The lowest BCUT2D eigenvalue weighted by Gasteiger charge is -2.22. The predicted molar refractivity (Wildman–Crippen MR) is 60.8 cm³/mol. The molecule has 1 aliphatic rings. The van der Waals surface area contributed by atoms with Gasteiger partial charge in [-0.05, 0) is 38.9 Å². The predicted octanol–water partition coefficient (Wildman–Crippen LogP) is -0.196. The summed E-state index contributed by atoms with van der Waals surface area (Å²) < 4.78 is 0. The van der Waals surface area contributed by atoms with Crippen LogP contribution in [0.1, 0.15) is 26.2 Å². The van der Waals surface area contributed by atoms with E-state index in [0.29, 0.717) is 6.04 Å². The number of aliphatic hydroxyl groups excluding tert-OH is 2. The highest BCUT2D eigenvalue weighted by atomic mass is 16.3. The molecule has 0 aromatic rings. The van der Waals surface area contributed by atoms with Gasteiger partial charge >= 0.3 is 0 Å². The molecule has 4 nitrogen and oxygen atoms in total. The van der Waals surface area contributed by atoms with E-state index in [1.165, 1.54) is 13.0 Å². The number of hydrogen-bond donors (Lipinski definition) is 3. The highest BCUT2D eigenvalue weighted by Crippen LogP contribution is 2.11. The zero-order chi connectivity index (χ0) is 11.1. The molecule has 1 rings (SSSR count). The summed E-state index contributed by atoms with van der Waals surface area (Å²) in [6.07, 6.45) is 3.46. The molecular formula is C11H24N2O2. The van der Waals surface area contributed by atoms with Crippen LogP contribution < -0.4 is 5.32 Å². The van der Waals surface area contributed by atoms with Crippen molar-refractivity contribution in [3.8, 4) is 0 Å². The molecule has 1 atom stereocenters. The number of aliphatic hydroxyl groups is 2. The normalized spacial score (nSPS) is 24.4. The van der Waals surface area contributed by atoms with Crippen LogP contribution in [0.3, 0.4) is 0 Å². The first-order valence-corrected chi connectivity index (χ1v) is 6.00. The maximum Gasteiger partial charge on any atom is 0.0607 e. The van der Waals surface area contributed by atoms with Gasteiger partial charge in [0.2, 0.25) is 0 Å². The Labute approximate surface area is 92.3 Å². The first kappa shape index (κ1) is 12.9. The van der Waals surface area contributed by atoms with Crippen LogP contribution in [0.5, 0.6) is 0 Å². The van der Waals surface area contributed by atoms with Crippen molar-refractivity contribution in [1.82, 2.24) is 10.2 Å². The van der Waals surface area contributed by atoms with E-state index in [1.807, 2.05) is 0 Å². The van der Waals surface area contributed by atoms with Crippen molar-refractivity contribution in [2.24, 2.45) is 0 Å². The minimum atomic E-state index is -0.150. The third-order valence-electron chi connectivity index (χ3n) is 3.18. The van der Waals surface area contributed by atoms with Crippen LogP contribution in [-0.4, -0.2) is 60.0 Å². The Morgan fingerprint density at radius 2 is 2.00 bits per heavy atom. The molecule has 1 aliphatic heterocycles. The standard InChI is InChI=1S/C11H24N2O2/c1-2-13-6-3-4-10(5-7-13)12-11(8-14)9-15/h10-12,14-15H,2-9H2,1H3. The van der Waals surface area contributed by atoms with Gasteiger partial charge in [-0.25, -0.2) is 0 Å². The van der Waals surface area contributed by atoms with E-state index in [9.17, 15) is 0 Å². The molecule has 0 aromatic carbocycles. The van der Waals surface area contributed by atoms with Crippen molar-refractivity contribution in [3.63, 3.8) is 0 Å². The molecule has 1 fully saturated rings. The zero-order valence-corrected chi connectivity index (χ0v) is 9.65. The molecule has 0 amide bonds. The Morgan fingerprint density at radius 3 is 2.60 bits per heavy atom. The lowest BCUT2D eigenvalue weighted by Crippen LogP contribution is -2.43. The van der Waals surface area contributed by atoms with Gasteiger partial charge in [-0.1, -0.05) is 6.92 Å². The molecule has 0 aromatic heterocycles. The van der Waals surface area contributed by atoms with E-state index < -0.39 is 0 Å². The molecule has 0 aliphatic carbocycles. The van der Waals surface area contributed by atoms with Crippen LogP contribution in [0.25, 0.3) is 0 Å². The van der Waals surface area contributed by atoms with Gasteiger partial charge in [0, 0.05) is 6.04 Å². The molecular weight excluding hydrogens is 192 g/mol. The van der Waals surface area contributed by atoms with Gasteiger partial charge in [0.15, 0.2) is 0 Å². The smallest absolute Gasteiger partial charge is 0.0607 e. The lowest BCUT2D eigenvalue weighted by atomic mass is 10.1. The highest BCUT2D eigenvalue weighted by molar-refractivity contribution is 4.78. The summed E-state index contributed by atoms with van der Waals surface area (Å²) in [6, 6.07) is 0.300. The largest absolute Gasteiger partial charge is 0.395 e. The van der Waals surface area contributed by atoms with Gasteiger partial charge in [-0.2, -0.15) is 0 Å². The molecule has 0 bridgehead atoms. The van der Waals surface area contributed by atoms with Crippen LogP contribution in [0, 0.1) is 0 Å². The Kier molecular flexibility index (Phi) is 6.17. The third-order valence-corrected chi connectivity index (χ3v) is 3.18. The van der Waals surface area contributed by atoms with E-state index in [2.05, 4.69) is 17.1 Å². The summed E-state index contributed by atoms with van der Waals surface area (Å²) in [5.74, 6) is 0. The molecule has 15 heavy (non-hydrogen) atoms. The molecule has 0 radical (unpaired) electrons. The zero-order valence-electron chi connectivity index (χ0n) is 9.65. The maximum atomic E-state index is 8.99. The van der Waals surface area contributed by atoms with Gasteiger partial charge in [-0.15, -0.1) is 0 Å².